The summed E-state index contributed by atoms with van der Waals surface area (Å²) in [5.41, 5.74) is -0.711. The first-order valence-corrected chi connectivity index (χ1v) is 10.1. The van der Waals surface area contributed by atoms with Crippen molar-refractivity contribution in [3.63, 3.8) is 0 Å². The van der Waals surface area contributed by atoms with Gasteiger partial charge in [0.1, 0.15) is 11.8 Å². The maximum Gasteiger partial charge on any atom is 0.349 e. The quantitative estimate of drug-likeness (QED) is 0.476. The molecule has 9 nitrogen and oxygen atoms in total. The van der Waals surface area contributed by atoms with E-state index in [-0.39, 0.29) is 32.8 Å². The molecule has 2 aromatic carbocycles. The van der Waals surface area contributed by atoms with Gasteiger partial charge >= 0.3 is 5.69 Å². The van der Waals surface area contributed by atoms with Crippen LogP contribution in [0.25, 0.3) is 11.4 Å². The maximum absolute atomic E-state index is 12.3. The minimum Gasteiger partial charge on any atom is -0.453 e. The smallest absolute Gasteiger partial charge is 0.349 e. The summed E-state index contributed by atoms with van der Waals surface area (Å²) < 4.78 is 8.03. The number of aryl methyl sites for hydroxylation is 1. The highest BCUT2D eigenvalue weighted by atomic mass is 35.5. The van der Waals surface area contributed by atoms with Gasteiger partial charge in [-0.2, -0.15) is 9.94 Å². The molecule has 0 spiro atoms. The van der Waals surface area contributed by atoms with Crippen LogP contribution in [0.4, 0.5) is 0 Å². The average molecular weight is 482 g/mol. The number of rotatable bonds is 4. The summed E-state index contributed by atoms with van der Waals surface area (Å²) >= 11 is 12.7. The number of aromatic nitrogens is 4. The second-order valence-corrected chi connectivity index (χ2v) is 7.70. The normalized spacial score (nSPS) is 10.6. The van der Waals surface area contributed by atoms with Crippen LogP contribution < -0.4 is 21.5 Å². The molecule has 0 saturated carbocycles. The van der Waals surface area contributed by atoms with Crippen LogP contribution >= 0.6 is 23.2 Å². The van der Waals surface area contributed by atoms with Crippen LogP contribution in [0, 0.1) is 18.3 Å². The van der Waals surface area contributed by atoms with Gasteiger partial charge in [0.05, 0.1) is 21.9 Å². The number of pyridine rings is 1. The van der Waals surface area contributed by atoms with E-state index in [9.17, 15) is 14.4 Å². The number of hydrogen-bond donors (Lipinski definition) is 1. The van der Waals surface area contributed by atoms with E-state index in [1.807, 2.05) is 24.0 Å². The lowest BCUT2D eigenvalue weighted by molar-refractivity contribution is 0.478. The summed E-state index contributed by atoms with van der Waals surface area (Å²) in [5, 5.41) is 12.8. The molecule has 33 heavy (non-hydrogen) atoms. The molecule has 1 N–H and O–H groups in total. The Morgan fingerprint density at radius 1 is 1.00 bits per heavy atom. The van der Waals surface area contributed by atoms with E-state index < -0.39 is 16.9 Å². The lowest BCUT2D eigenvalue weighted by atomic mass is 10.2. The SMILES string of the molecule is Cc1ccc(-n2cc(Oc3c(Cl)cc(-n4nc(C#N)c(=O)[nH]c4=O)cc3Cl)ccc2=O)cc1. The lowest BCUT2D eigenvalue weighted by Gasteiger charge is -2.13. The first-order valence-electron chi connectivity index (χ1n) is 9.37. The summed E-state index contributed by atoms with van der Waals surface area (Å²) in [6.45, 7) is 1.94. The number of hydrogen-bond acceptors (Lipinski definition) is 6. The van der Waals surface area contributed by atoms with Crippen molar-refractivity contribution < 1.29 is 4.74 Å². The number of ether oxygens (including phenoxy) is 1. The van der Waals surface area contributed by atoms with E-state index in [0.29, 0.717) is 5.69 Å². The maximum atomic E-state index is 12.3. The fourth-order valence-corrected chi connectivity index (χ4v) is 3.52. The van der Waals surface area contributed by atoms with Crippen molar-refractivity contribution in [3.8, 4) is 28.9 Å². The molecular formula is C22H13Cl2N5O4. The van der Waals surface area contributed by atoms with E-state index in [1.165, 1.54) is 35.0 Å². The Kier molecular flexibility index (Phi) is 5.87. The molecule has 0 atom stereocenters. The molecule has 164 valence electrons. The molecule has 0 aliphatic carbocycles. The van der Waals surface area contributed by atoms with Gasteiger partial charge < -0.3 is 4.74 Å². The average Bonchev–Trinajstić information content (AvgIpc) is 2.78. The third kappa shape index (κ3) is 4.43. The molecular weight excluding hydrogens is 469 g/mol. The number of nitriles is 1. The molecule has 2 heterocycles. The fraction of sp³-hybridized carbons (Fsp3) is 0.0455. The lowest BCUT2D eigenvalue weighted by Crippen LogP contribution is -2.33. The fourth-order valence-electron chi connectivity index (χ4n) is 2.97. The van der Waals surface area contributed by atoms with Crippen molar-refractivity contribution in [1.29, 1.82) is 5.26 Å². The summed E-state index contributed by atoms with van der Waals surface area (Å²) in [7, 11) is 0. The van der Waals surface area contributed by atoms with Crippen molar-refractivity contribution in [2.45, 2.75) is 6.92 Å². The van der Waals surface area contributed by atoms with E-state index >= 15 is 0 Å². The molecule has 0 radical (unpaired) electrons. The molecule has 0 amide bonds. The molecule has 11 heteroatoms. The molecule has 0 saturated heterocycles. The Morgan fingerprint density at radius 3 is 2.30 bits per heavy atom. The van der Waals surface area contributed by atoms with Gasteiger partial charge in [0.2, 0.25) is 5.69 Å². The third-order valence-corrected chi connectivity index (χ3v) is 5.14. The van der Waals surface area contributed by atoms with Crippen molar-refractivity contribution >= 4 is 23.2 Å². The molecule has 0 bridgehead atoms. The zero-order valence-electron chi connectivity index (χ0n) is 16.9. The largest absolute Gasteiger partial charge is 0.453 e. The van der Waals surface area contributed by atoms with E-state index in [1.54, 1.807) is 18.2 Å². The van der Waals surface area contributed by atoms with Crippen LogP contribution in [0.1, 0.15) is 11.3 Å². The van der Waals surface area contributed by atoms with Gasteiger partial charge in [-0.05, 0) is 37.3 Å². The van der Waals surface area contributed by atoms with Gasteiger partial charge in [0.15, 0.2) is 5.75 Å². The summed E-state index contributed by atoms with van der Waals surface area (Å²) in [6.07, 6.45) is 1.50. The Morgan fingerprint density at radius 2 is 1.67 bits per heavy atom. The zero-order chi connectivity index (χ0) is 23.7. The molecule has 4 aromatic rings. The van der Waals surface area contributed by atoms with Crippen LogP contribution in [-0.4, -0.2) is 19.3 Å². The van der Waals surface area contributed by atoms with Gasteiger partial charge in [-0.15, -0.1) is 5.10 Å². The number of nitrogens with one attached hydrogen (secondary N) is 1. The van der Waals surface area contributed by atoms with Crippen LogP contribution in [0.2, 0.25) is 10.0 Å². The van der Waals surface area contributed by atoms with E-state index in [2.05, 4.69) is 5.10 Å². The first-order chi connectivity index (χ1) is 15.8. The minimum absolute atomic E-state index is 0.0315. The Balaban J connectivity index is 1.73. The van der Waals surface area contributed by atoms with Crippen molar-refractivity contribution in [2.75, 3.05) is 0 Å². The van der Waals surface area contributed by atoms with E-state index in [0.717, 1.165) is 10.2 Å². The second kappa shape index (κ2) is 8.78. The summed E-state index contributed by atoms with van der Waals surface area (Å²) in [5.74, 6) is 0.368. The summed E-state index contributed by atoms with van der Waals surface area (Å²) in [6, 6.07) is 14.5. The molecule has 0 aliphatic rings. The highest BCUT2D eigenvalue weighted by molar-refractivity contribution is 6.37. The molecule has 2 aromatic heterocycles. The molecule has 4 rings (SSSR count). The van der Waals surface area contributed by atoms with Crippen LogP contribution in [0.3, 0.4) is 0 Å². The van der Waals surface area contributed by atoms with Gasteiger partial charge in [0.25, 0.3) is 11.1 Å². The number of aromatic amines is 1. The van der Waals surface area contributed by atoms with Gasteiger partial charge in [-0.25, -0.2) is 4.79 Å². The highest BCUT2D eigenvalue weighted by Gasteiger charge is 2.15. The van der Waals surface area contributed by atoms with E-state index in [4.69, 9.17) is 33.2 Å². The number of halogens is 2. The van der Waals surface area contributed by atoms with Crippen molar-refractivity contribution in [1.82, 2.24) is 19.3 Å². The first kappa shape index (κ1) is 22.1. The third-order valence-electron chi connectivity index (χ3n) is 4.58. The monoisotopic (exact) mass is 481 g/mol. The van der Waals surface area contributed by atoms with Gasteiger partial charge in [-0.1, -0.05) is 40.9 Å². The van der Waals surface area contributed by atoms with Crippen LogP contribution in [0.15, 0.2) is 69.1 Å². The van der Waals surface area contributed by atoms with Crippen LogP contribution in [0.5, 0.6) is 11.5 Å². The number of nitrogens with zero attached hydrogens (tertiary/aromatic N) is 4. The van der Waals surface area contributed by atoms with Crippen molar-refractivity contribution in [3.05, 3.63) is 107 Å². The Hall–Kier alpha value is -4.13. The minimum atomic E-state index is -0.903. The molecule has 0 aliphatic heterocycles. The Bertz CT molecular complexity index is 1570. The summed E-state index contributed by atoms with van der Waals surface area (Å²) in [4.78, 5) is 38.0. The predicted molar refractivity (Wildman–Crippen MR) is 122 cm³/mol. The second-order valence-electron chi connectivity index (χ2n) is 6.88. The number of H-pyrrole nitrogens is 1. The Labute approximate surface area is 195 Å². The van der Waals surface area contributed by atoms with Crippen molar-refractivity contribution in [2.24, 2.45) is 0 Å². The highest BCUT2D eigenvalue weighted by Crippen LogP contribution is 2.38. The van der Waals surface area contributed by atoms with Crippen LogP contribution in [-0.2, 0) is 0 Å². The predicted octanol–water partition coefficient (Wildman–Crippen LogP) is 3.35. The molecule has 0 fully saturated rings. The van der Waals surface area contributed by atoms with Gasteiger partial charge in [-0.3, -0.25) is 19.1 Å². The zero-order valence-corrected chi connectivity index (χ0v) is 18.4. The molecule has 0 unspecified atom stereocenters. The standard InChI is InChI=1S/C22H13Cl2N5O4/c1-12-2-4-13(5-3-12)28-11-15(6-7-19(28)30)33-20-16(23)8-14(9-17(20)24)29-22(32)26-21(31)18(10-25)27-29/h2-9,11H,1H3,(H,26,31,32). The van der Waals surface area contributed by atoms with Gasteiger partial charge in [0, 0.05) is 11.8 Å². The number of benzene rings is 2. The topological polar surface area (TPSA) is 123 Å².